The summed E-state index contributed by atoms with van der Waals surface area (Å²) in [5, 5.41) is 12.3. The van der Waals surface area contributed by atoms with E-state index in [1.54, 1.807) is 4.90 Å². The molecule has 0 aromatic rings. The quantitative estimate of drug-likeness (QED) is 0.812. The van der Waals surface area contributed by atoms with Gasteiger partial charge in [0.15, 0.2) is 0 Å². The van der Waals surface area contributed by atoms with E-state index in [0.717, 1.165) is 0 Å². The van der Waals surface area contributed by atoms with Crippen molar-refractivity contribution in [3.8, 4) is 0 Å². The standard InChI is InChI=1S/C16H28N2O3/c1-12(13-5-3-2-4-6-13)17-11-15(19)18-9-7-14(8-10-18)16(20)21/h12-14,17H,2-11H2,1H3,(H,20,21)/t12-/m1/s1. The summed E-state index contributed by atoms with van der Waals surface area (Å²) in [7, 11) is 0. The van der Waals surface area contributed by atoms with Crippen molar-refractivity contribution in [2.24, 2.45) is 11.8 Å². The van der Waals surface area contributed by atoms with Crippen molar-refractivity contribution in [1.29, 1.82) is 0 Å². The van der Waals surface area contributed by atoms with E-state index in [9.17, 15) is 9.59 Å². The van der Waals surface area contributed by atoms with Gasteiger partial charge in [-0.3, -0.25) is 9.59 Å². The fraction of sp³-hybridized carbons (Fsp3) is 0.875. The minimum atomic E-state index is -0.730. The molecule has 5 nitrogen and oxygen atoms in total. The number of hydrogen-bond acceptors (Lipinski definition) is 3. The number of carbonyl (C=O) groups is 2. The molecule has 2 fully saturated rings. The smallest absolute Gasteiger partial charge is 0.306 e. The van der Waals surface area contributed by atoms with Crippen LogP contribution in [0.15, 0.2) is 0 Å². The highest BCUT2D eigenvalue weighted by Gasteiger charge is 2.27. The number of hydrogen-bond donors (Lipinski definition) is 2. The highest BCUT2D eigenvalue weighted by molar-refractivity contribution is 5.79. The number of nitrogens with one attached hydrogen (secondary N) is 1. The molecule has 1 saturated heterocycles. The van der Waals surface area contributed by atoms with Crippen molar-refractivity contribution in [3.63, 3.8) is 0 Å². The van der Waals surface area contributed by atoms with Crippen LogP contribution in [0.5, 0.6) is 0 Å². The fourth-order valence-electron chi connectivity index (χ4n) is 3.54. The molecule has 1 heterocycles. The molecule has 5 heteroatoms. The van der Waals surface area contributed by atoms with Crippen LogP contribution in [0.1, 0.15) is 51.9 Å². The Morgan fingerprint density at radius 3 is 2.33 bits per heavy atom. The Labute approximate surface area is 127 Å². The van der Waals surface area contributed by atoms with Gasteiger partial charge in [-0.1, -0.05) is 19.3 Å². The Kier molecular flexibility index (Phi) is 6.03. The van der Waals surface area contributed by atoms with Gasteiger partial charge in [0, 0.05) is 19.1 Å². The summed E-state index contributed by atoms with van der Waals surface area (Å²) >= 11 is 0. The molecule has 1 atom stereocenters. The third kappa shape index (κ3) is 4.70. The predicted octanol–water partition coefficient (Wildman–Crippen LogP) is 1.87. The molecule has 0 bridgehead atoms. The number of piperidine rings is 1. The maximum Gasteiger partial charge on any atom is 0.306 e. The number of carboxylic acids is 1. The van der Waals surface area contributed by atoms with Crippen molar-refractivity contribution >= 4 is 11.9 Å². The largest absolute Gasteiger partial charge is 0.481 e. The SMILES string of the molecule is C[C@@H](NCC(=O)N1CCC(C(=O)O)CC1)C1CCCCC1. The summed E-state index contributed by atoms with van der Waals surface area (Å²) in [5.41, 5.74) is 0. The lowest BCUT2D eigenvalue weighted by Gasteiger charge is -2.32. The molecule has 0 spiro atoms. The molecular weight excluding hydrogens is 268 g/mol. The summed E-state index contributed by atoms with van der Waals surface area (Å²) in [4.78, 5) is 24.9. The Hall–Kier alpha value is -1.10. The number of aliphatic carboxylic acids is 1. The highest BCUT2D eigenvalue weighted by atomic mass is 16.4. The average molecular weight is 296 g/mol. The van der Waals surface area contributed by atoms with Crippen LogP contribution in [0, 0.1) is 11.8 Å². The number of likely N-dealkylation sites (tertiary alicyclic amines) is 1. The van der Waals surface area contributed by atoms with E-state index >= 15 is 0 Å². The van der Waals surface area contributed by atoms with Gasteiger partial charge in [-0.05, 0) is 38.5 Å². The first-order valence-corrected chi connectivity index (χ1v) is 8.32. The van der Waals surface area contributed by atoms with Crippen LogP contribution in [-0.4, -0.2) is 47.6 Å². The van der Waals surface area contributed by atoms with Crippen molar-refractivity contribution in [2.45, 2.75) is 57.9 Å². The third-order valence-electron chi connectivity index (χ3n) is 5.13. The van der Waals surface area contributed by atoms with Crippen LogP contribution in [0.4, 0.5) is 0 Å². The Morgan fingerprint density at radius 1 is 1.14 bits per heavy atom. The lowest BCUT2D eigenvalue weighted by molar-refractivity contribution is -0.145. The fourth-order valence-corrected chi connectivity index (χ4v) is 3.54. The molecule has 21 heavy (non-hydrogen) atoms. The first-order valence-electron chi connectivity index (χ1n) is 8.32. The molecule has 1 aliphatic carbocycles. The zero-order valence-electron chi connectivity index (χ0n) is 13.0. The van der Waals surface area contributed by atoms with Crippen molar-refractivity contribution in [2.75, 3.05) is 19.6 Å². The molecule has 120 valence electrons. The monoisotopic (exact) mass is 296 g/mol. The molecule has 2 N–H and O–H groups in total. The van der Waals surface area contributed by atoms with Crippen LogP contribution < -0.4 is 5.32 Å². The van der Waals surface area contributed by atoms with Gasteiger partial charge in [0.05, 0.1) is 12.5 Å². The first-order chi connectivity index (χ1) is 10.1. The summed E-state index contributed by atoms with van der Waals surface area (Å²) < 4.78 is 0. The Balaban J connectivity index is 1.68. The van der Waals surface area contributed by atoms with Gasteiger partial charge in [0.25, 0.3) is 0 Å². The molecule has 0 radical (unpaired) electrons. The molecule has 0 aromatic heterocycles. The van der Waals surface area contributed by atoms with E-state index in [1.165, 1.54) is 32.1 Å². The normalized spacial score (nSPS) is 23.0. The van der Waals surface area contributed by atoms with Gasteiger partial charge in [0.2, 0.25) is 5.91 Å². The molecular formula is C16H28N2O3. The van der Waals surface area contributed by atoms with Crippen LogP contribution in [0.2, 0.25) is 0 Å². The van der Waals surface area contributed by atoms with Gasteiger partial charge in [0.1, 0.15) is 0 Å². The molecule has 2 rings (SSSR count). The minimum Gasteiger partial charge on any atom is -0.481 e. The number of rotatable bonds is 5. The zero-order chi connectivity index (χ0) is 15.2. The van der Waals surface area contributed by atoms with Gasteiger partial charge >= 0.3 is 5.97 Å². The van der Waals surface area contributed by atoms with Gasteiger partial charge in [-0.2, -0.15) is 0 Å². The minimum absolute atomic E-state index is 0.112. The number of amides is 1. The Bertz CT molecular complexity index is 359. The second kappa shape index (κ2) is 7.78. The molecule has 1 saturated carbocycles. The lowest BCUT2D eigenvalue weighted by Crippen LogP contribution is -2.46. The molecule has 2 aliphatic rings. The number of carboxylic acid groups (broad SMARTS) is 1. The summed E-state index contributed by atoms with van der Waals surface area (Å²) in [5.74, 6) is -0.194. The highest BCUT2D eigenvalue weighted by Crippen LogP contribution is 2.26. The average Bonchev–Trinajstić information content (AvgIpc) is 2.53. The zero-order valence-corrected chi connectivity index (χ0v) is 13.0. The maximum atomic E-state index is 12.2. The molecule has 0 aromatic carbocycles. The second-order valence-corrected chi connectivity index (χ2v) is 6.56. The predicted molar refractivity (Wildman–Crippen MR) is 81.0 cm³/mol. The van der Waals surface area contributed by atoms with Crippen molar-refractivity contribution in [3.05, 3.63) is 0 Å². The first kappa shape index (κ1) is 16.3. The molecule has 1 aliphatic heterocycles. The van der Waals surface area contributed by atoms with E-state index in [2.05, 4.69) is 12.2 Å². The Morgan fingerprint density at radius 2 is 1.76 bits per heavy atom. The van der Waals surface area contributed by atoms with E-state index in [-0.39, 0.29) is 11.8 Å². The molecule has 0 unspecified atom stereocenters. The summed E-state index contributed by atoms with van der Waals surface area (Å²) in [6.07, 6.45) is 7.68. The van der Waals surface area contributed by atoms with Gasteiger partial charge in [-0.25, -0.2) is 0 Å². The van der Waals surface area contributed by atoms with E-state index < -0.39 is 5.97 Å². The van der Waals surface area contributed by atoms with E-state index in [0.29, 0.717) is 44.4 Å². The summed E-state index contributed by atoms with van der Waals surface area (Å²) in [6.45, 7) is 3.72. The number of carbonyl (C=O) groups excluding carboxylic acids is 1. The number of nitrogens with zero attached hydrogens (tertiary/aromatic N) is 1. The van der Waals surface area contributed by atoms with E-state index in [4.69, 9.17) is 5.11 Å². The van der Waals surface area contributed by atoms with Crippen molar-refractivity contribution < 1.29 is 14.7 Å². The third-order valence-corrected chi connectivity index (χ3v) is 5.13. The van der Waals surface area contributed by atoms with Crippen LogP contribution in [0.3, 0.4) is 0 Å². The summed E-state index contributed by atoms with van der Waals surface area (Å²) in [6, 6.07) is 0.394. The maximum absolute atomic E-state index is 12.2. The topological polar surface area (TPSA) is 69.6 Å². The van der Waals surface area contributed by atoms with Gasteiger partial charge in [-0.15, -0.1) is 0 Å². The second-order valence-electron chi connectivity index (χ2n) is 6.56. The lowest BCUT2D eigenvalue weighted by atomic mass is 9.84. The van der Waals surface area contributed by atoms with Crippen molar-refractivity contribution in [1.82, 2.24) is 10.2 Å². The van der Waals surface area contributed by atoms with E-state index in [1.807, 2.05) is 0 Å². The van der Waals surface area contributed by atoms with Gasteiger partial charge < -0.3 is 15.3 Å². The van der Waals surface area contributed by atoms with Crippen LogP contribution in [-0.2, 0) is 9.59 Å². The van der Waals surface area contributed by atoms with Crippen LogP contribution >= 0.6 is 0 Å². The van der Waals surface area contributed by atoms with Crippen LogP contribution in [0.25, 0.3) is 0 Å². The molecule has 1 amide bonds.